The smallest absolute Gasteiger partial charge is 0.282 e. The van der Waals surface area contributed by atoms with E-state index in [4.69, 9.17) is 4.74 Å². The highest BCUT2D eigenvalue weighted by Crippen LogP contribution is 2.14. The minimum atomic E-state index is -0.155. The summed E-state index contributed by atoms with van der Waals surface area (Å²) in [5.74, 6) is 0.858. The molecule has 2 aromatic rings. The molecular weight excluding hydrogens is 356 g/mol. The number of halogens is 1. The number of likely N-dealkylation sites (N-methyl/N-ethyl adjacent to an activating group) is 1. The predicted octanol–water partition coefficient (Wildman–Crippen LogP) is 2.37. The molecule has 0 aliphatic rings. The topological polar surface area (TPSA) is 42.8 Å². The SMILES string of the molecule is C[C@@H](C(=O)Nc1ccc(Br)cc1)[NH+](C)CCOc1ccccc1. The molecule has 0 saturated carbocycles. The zero-order chi connectivity index (χ0) is 16.7. The van der Waals surface area contributed by atoms with Crippen LogP contribution in [0, 0.1) is 0 Å². The summed E-state index contributed by atoms with van der Waals surface area (Å²) in [6.07, 6.45) is 0. The van der Waals surface area contributed by atoms with Crippen LogP contribution in [0.15, 0.2) is 59.1 Å². The maximum atomic E-state index is 12.3. The third-order valence-corrected chi connectivity index (χ3v) is 4.28. The Morgan fingerprint density at radius 3 is 2.48 bits per heavy atom. The number of carbonyl (C=O) groups is 1. The highest BCUT2D eigenvalue weighted by molar-refractivity contribution is 9.10. The van der Waals surface area contributed by atoms with E-state index >= 15 is 0 Å². The van der Waals surface area contributed by atoms with Crippen molar-refractivity contribution in [2.24, 2.45) is 0 Å². The molecule has 1 amide bonds. The number of hydrogen-bond acceptors (Lipinski definition) is 2. The van der Waals surface area contributed by atoms with Crippen molar-refractivity contribution in [3.8, 4) is 5.75 Å². The summed E-state index contributed by atoms with van der Waals surface area (Å²) in [5, 5.41) is 2.94. The molecule has 1 unspecified atom stereocenters. The van der Waals surface area contributed by atoms with Crippen LogP contribution in [-0.4, -0.2) is 32.1 Å². The minimum absolute atomic E-state index is 0.00420. The van der Waals surface area contributed by atoms with Gasteiger partial charge in [-0.25, -0.2) is 0 Å². The van der Waals surface area contributed by atoms with Crippen LogP contribution in [0.4, 0.5) is 5.69 Å². The van der Waals surface area contributed by atoms with E-state index in [2.05, 4.69) is 21.2 Å². The van der Waals surface area contributed by atoms with Gasteiger partial charge >= 0.3 is 0 Å². The normalized spacial score (nSPS) is 13.2. The Balaban J connectivity index is 1.78. The second-order valence-electron chi connectivity index (χ2n) is 5.48. The summed E-state index contributed by atoms with van der Waals surface area (Å²) >= 11 is 3.38. The van der Waals surface area contributed by atoms with Crippen molar-refractivity contribution in [3.05, 3.63) is 59.1 Å². The standard InChI is InChI=1S/C18H21BrN2O2/c1-14(18(22)20-16-10-8-15(19)9-11-16)21(2)12-13-23-17-6-4-3-5-7-17/h3-11,14H,12-13H2,1-2H3,(H,20,22)/p+1/t14-/m0/s1. The quantitative estimate of drug-likeness (QED) is 0.777. The first kappa shape index (κ1) is 17.5. The lowest BCUT2D eigenvalue weighted by molar-refractivity contribution is -0.894. The first-order valence-electron chi connectivity index (χ1n) is 7.63. The van der Waals surface area contributed by atoms with Crippen LogP contribution >= 0.6 is 15.9 Å². The van der Waals surface area contributed by atoms with Gasteiger partial charge in [-0.1, -0.05) is 34.1 Å². The van der Waals surface area contributed by atoms with E-state index in [-0.39, 0.29) is 11.9 Å². The van der Waals surface area contributed by atoms with Gasteiger partial charge in [-0.05, 0) is 43.3 Å². The number of hydrogen-bond donors (Lipinski definition) is 2. The highest BCUT2D eigenvalue weighted by Gasteiger charge is 2.21. The van der Waals surface area contributed by atoms with Gasteiger partial charge in [0, 0.05) is 10.2 Å². The molecule has 2 aromatic carbocycles. The van der Waals surface area contributed by atoms with Crippen LogP contribution in [-0.2, 0) is 4.79 Å². The minimum Gasteiger partial charge on any atom is -0.488 e. The van der Waals surface area contributed by atoms with Crippen molar-refractivity contribution >= 4 is 27.5 Å². The second-order valence-corrected chi connectivity index (χ2v) is 6.39. The first-order chi connectivity index (χ1) is 11.1. The molecule has 2 N–H and O–H groups in total. The second kappa shape index (κ2) is 8.70. The van der Waals surface area contributed by atoms with Gasteiger partial charge in [0.25, 0.3) is 5.91 Å². The van der Waals surface area contributed by atoms with Crippen molar-refractivity contribution in [2.45, 2.75) is 13.0 Å². The molecule has 122 valence electrons. The number of quaternary nitrogens is 1. The predicted molar refractivity (Wildman–Crippen MR) is 95.9 cm³/mol. The molecule has 0 bridgehead atoms. The molecule has 0 saturated heterocycles. The monoisotopic (exact) mass is 377 g/mol. The largest absolute Gasteiger partial charge is 0.488 e. The zero-order valence-electron chi connectivity index (χ0n) is 13.4. The summed E-state index contributed by atoms with van der Waals surface area (Å²) in [4.78, 5) is 13.4. The summed E-state index contributed by atoms with van der Waals surface area (Å²) in [6, 6.07) is 17.1. The fourth-order valence-corrected chi connectivity index (χ4v) is 2.33. The van der Waals surface area contributed by atoms with Crippen molar-refractivity contribution in [1.29, 1.82) is 0 Å². The zero-order valence-corrected chi connectivity index (χ0v) is 15.0. The average Bonchev–Trinajstić information content (AvgIpc) is 2.57. The molecule has 0 aliphatic carbocycles. The molecule has 0 aromatic heterocycles. The summed E-state index contributed by atoms with van der Waals surface area (Å²) < 4.78 is 6.67. The number of para-hydroxylation sites is 1. The molecule has 2 atom stereocenters. The van der Waals surface area contributed by atoms with Gasteiger partial charge in [0.15, 0.2) is 6.04 Å². The highest BCUT2D eigenvalue weighted by atomic mass is 79.9. The van der Waals surface area contributed by atoms with E-state index in [1.807, 2.05) is 68.6 Å². The first-order valence-corrected chi connectivity index (χ1v) is 8.42. The number of nitrogens with one attached hydrogen (secondary N) is 2. The number of anilines is 1. The van der Waals surface area contributed by atoms with Crippen LogP contribution in [0.5, 0.6) is 5.75 Å². The van der Waals surface area contributed by atoms with Crippen LogP contribution in [0.3, 0.4) is 0 Å². The number of amides is 1. The van der Waals surface area contributed by atoms with Gasteiger partial charge in [0.1, 0.15) is 18.9 Å². The van der Waals surface area contributed by atoms with E-state index in [1.165, 1.54) is 0 Å². The molecule has 0 heterocycles. The molecule has 4 nitrogen and oxygen atoms in total. The Hall–Kier alpha value is -1.85. The van der Waals surface area contributed by atoms with Crippen LogP contribution in [0.25, 0.3) is 0 Å². The van der Waals surface area contributed by atoms with Crippen LogP contribution < -0.4 is 15.0 Å². The Morgan fingerprint density at radius 1 is 1.17 bits per heavy atom. The average molecular weight is 378 g/mol. The molecule has 0 radical (unpaired) electrons. The lowest BCUT2D eigenvalue weighted by Crippen LogP contribution is -3.14. The van der Waals surface area contributed by atoms with Gasteiger partial charge < -0.3 is 15.0 Å². The van der Waals surface area contributed by atoms with Crippen molar-refractivity contribution < 1.29 is 14.4 Å². The van der Waals surface area contributed by atoms with Crippen LogP contribution in [0.2, 0.25) is 0 Å². The maximum absolute atomic E-state index is 12.3. The molecular formula is C18H22BrN2O2+. The number of rotatable bonds is 7. The third-order valence-electron chi connectivity index (χ3n) is 3.75. The van der Waals surface area contributed by atoms with E-state index in [1.54, 1.807) is 0 Å². The van der Waals surface area contributed by atoms with E-state index in [9.17, 15) is 4.79 Å². The van der Waals surface area contributed by atoms with E-state index in [0.29, 0.717) is 6.61 Å². The molecule has 0 aliphatic heterocycles. The molecule has 23 heavy (non-hydrogen) atoms. The number of ether oxygens (including phenoxy) is 1. The van der Waals surface area contributed by atoms with E-state index < -0.39 is 0 Å². The lowest BCUT2D eigenvalue weighted by Gasteiger charge is -2.21. The van der Waals surface area contributed by atoms with Gasteiger partial charge in [-0.15, -0.1) is 0 Å². The fraction of sp³-hybridized carbons (Fsp3) is 0.278. The summed E-state index contributed by atoms with van der Waals surface area (Å²) in [6.45, 7) is 3.25. The Kier molecular flexibility index (Phi) is 6.62. The molecule has 2 rings (SSSR count). The number of benzene rings is 2. The Bertz CT molecular complexity index is 617. The van der Waals surface area contributed by atoms with Crippen molar-refractivity contribution in [2.75, 3.05) is 25.5 Å². The van der Waals surface area contributed by atoms with Gasteiger partial charge in [0.2, 0.25) is 0 Å². The summed E-state index contributed by atoms with van der Waals surface area (Å²) in [7, 11) is 2.00. The van der Waals surface area contributed by atoms with E-state index in [0.717, 1.165) is 27.4 Å². The molecule has 0 fully saturated rings. The maximum Gasteiger partial charge on any atom is 0.282 e. The Labute approximate surface area is 145 Å². The van der Waals surface area contributed by atoms with Gasteiger partial charge in [-0.3, -0.25) is 4.79 Å². The molecule has 0 spiro atoms. The van der Waals surface area contributed by atoms with Crippen LogP contribution in [0.1, 0.15) is 6.92 Å². The van der Waals surface area contributed by atoms with Gasteiger partial charge in [-0.2, -0.15) is 0 Å². The fourth-order valence-electron chi connectivity index (χ4n) is 2.07. The lowest BCUT2D eigenvalue weighted by atomic mass is 10.2. The van der Waals surface area contributed by atoms with Crippen molar-refractivity contribution in [1.82, 2.24) is 0 Å². The molecule has 5 heteroatoms. The Morgan fingerprint density at radius 2 is 1.83 bits per heavy atom. The van der Waals surface area contributed by atoms with Crippen molar-refractivity contribution in [3.63, 3.8) is 0 Å². The van der Waals surface area contributed by atoms with Gasteiger partial charge in [0.05, 0.1) is 7.05 Å². The number of carbonyl (C=O) groups excluding carboxylic acids is 1. The summed E-state index contributed by atoms with van der Waals surface area (Å²) in [5.41, 5.74) is 0.804. The third kappa shape index (κ3) is 5.69.